The molecule has 0 saturated heterocycles. The van der Waals surface area contributed by atoms with Crippen molar-refractivity contribution in [1.29, 1.82) is 0 Å². The van der Waals surface area contributed by atoms with Crippen LogP contribution in [0.15, 0.2) is 73.1 Å². The Morgan fingerprint density at radius 1 is 0.769 bits per heavy atom. The van der Waals surface area contributed by atoms with Crippen molar-refractivity contribution in [2.24, 2.45) is 5.92 Å². The number of aliphatic carboxylic acids is 1. The lowest BCUT2D eigenvalue weighted by Gasteiger charge is -2.19. The van der Waals surface area contributed by atoms with Crippen LogP contribution < -0.4 is 0 Å². The molecule has 202 valence electrons. The molecule has 0 spiro atoms. The van der Waals surface area contributed by atoms with Gasteiger partial charge in [-0.15, -0.1) is 11.3 Å². The highest BCUT2D eigenvalue weighted by Gasteiger charge is 2.25. The highest BCUT2D eigenvalue weighted by molar-refractivity contribution is 7.14. The summed E-state index contributed by atoms with van der Waals surface area (Å²) in [5.41, 5.74) is 5.06. The van der Waals surface area contributed by atoms with E-state index in [9.17, 15) is 14.7 Å². The van der Waals surface area contributed by atoms with Crippen molar-refractivity contribution in [3.8, 4) is 22.5 Å². The molecule has 4 aromatic rings. The number of carboxylic acids is 1. The average Bonchev–Trinajstić information content (AvgIpc) is 3.40. The summed E-state index contributed by atoms with van der Waals surface area (Å²) >= 11 is 1.45. The van der Waals surface area contributed by atoms with E-state index >= 15 is 0 Å². The van der Waals surface area contributed by atoms with E-state index in [1.165, 1.54) is 16.9 Å². The van der Waals surface area contributed by atoms with E-state index in [-0.39, 0.29) is 29.5 Å². The molecule has 5 nitrogen and oxygen atoms in total. The summed E-state index contributed by atoms with van der Waals surface area (Å²) < 4.78 is 0. The second-order valence-electron chi connectivity index (χ2n) is 12.1. The minimum absolute atomic E-state index is 0.0253. The third-order valence-electron chi connectivity index (χ3n) is 6.83. The smallest absolute Gasteiger partial charge is 0.307 e. The fraction of sp³-hybridized carbons (Fsp3) is 0.333. The summed E-state index contributed by atoms with van der Waals surface area (Å²) in [6.45, 7) is 12.9. The number of nitrogens with zero attached hydrogens (tertiary/aromatic N) is 2. The van der Waals surface area contributed by atoms with E-state index in [2.05, 4.69) is 75.8 Å². The third kappa shape index (κ3) is 7.07. The first-order valence-corrected chi connectivity index (χ1v) is 14.0. The zero-order valence-corrected chi connectivity index (χ0v) is 24.3. The van der Waals surface area contributed by atoms with Gasteiger partial charge in [0.2, 0.25) is 0 Å². The Kier molecular flexibility index (Phi) is 8.17. The Morgan fingerprint density at radius 3 is 1.87 bits per heavy atom. The molecule has 1 N–H and O–H groups in total. The topological polar surface area (TPSA) is 80.2 Å². The van der Waals surface area contributed by atoms with Crippen molar-refractivity contribution >= 4 is 23.1 Å². The molecule has 2 aromatic carbocycles. The maximum atomic E-state index is 12.9. The van der Waals surface area contributed by atoms with Crippen molar-refractivity contribution < 1.29 is 14.7 Å². The molecule has 2 heterocycles. The summed E-state index contributed by atoms with van der Waals surface area (Å²) in [5, 5.41) is 9.80. The molecule has 0 aliphatic heterocycles. The molecule has 0 fully saturated rings. The first kappa shape index (κ1) is 28.4. The molecule has 4 rings (SSSR count). The van der Waals surface area contributed by atoms with E-state index in [0.717, 1.165) is 27.1 Å². The monoisotopic (exact) mass is 540 g/mol. The Labute approximate surface area is 235 Å². The van der Waals surface area contributed by atoms with Gasteiger partial charge in [0.1, 0.15) is 0 Å². The van der Waals surface area contributed by atoms with Gasteiger partial charge in [0.05, 0.1) is 10.8 Å². The number of ketones is 1. The molecule has 0 aliphatic carbocycles. The van der Waals surface area contributed by atoms with Crippen LogP contribution in [0.2, 0.25) is 0 Å². The first-order valence-electron chi connectivity index (χ1n) is 13.2. The Morgan fingerprint density at radius 2 is 1.36 bits per heavy atom. The van der Waals surface area contributed by atoms with Gasteiger partial charge in [0, 0.05) is 34.8 Å². The van der Waals surface area contributed by atoms with Crippen LogP contribution in [0.3, 0.4) is 0 Å². The van der Waals surface area contributed by atoms with Crippen molar-refractivity contribution in [3.05, 3.63) is 93.9 Å². The normalized spacial score (nSPS) is 12.8. The van der Waals surface area contributed by atoms with Gasteiger partial charge in [-0.2, -0.15) is 0 Å². The second kappa shape index (κ2) is 11.2. The van der Waals surface area contributed by atoms with E-state index in [0.29, 0.717) is 10.7 Å². The number of carbonyl (C=O) groups is 2. The van der Waals surface area contributed by atoms with Crippen LogP contribution in [0.25, 0.3) is 22.5 Å². The fourth-order valence-electron chi connectivity index (χ4n) is 4.33. The van der Waals surface area contributed by atoms with Gasteiger partial charge >= 0.3 is 5.97 Å². The van der Waals surface area contributed by atoms with Crippen LogP contribution in [0.5, 0.6) is 0 Å². The van der Waals surface area contributed by atoms with Gasteiger partial charge in [-0.05, 0) is 46.1 Å². The van der Waals surface area contributed by atoms with Crippen LogP contribution in [0.1, 0.15) is 73.6 Å². The molecule has 0 aliphatic rings. The largest absolute Gasteiger partial charge is 0.481 e. The zero-order valence-electron chi connectivity index (χ0n) is 23.5. The number of hydrogen-bond acceptors (Lipinski definition) is 5. The lowest BCUT2D eigenvalue weighted by Crippen LogP contribution is -2.20. The lowest BCUT2D eigenvalue weighted by molar-refractivity contribution is -0.141. The van der Waals surface area contributed by atoms with Crippen LogP contribution in [-0.4, -0.2) is 26.8 Å². The minimum atomic E-state index is -0.963. The molecule has 1 atom stereocenters. The number of Topliss-reactive ketones (excluding diaryl/α,β-unsaturated/α-hetero) is 1. The van der Waals surface area contributed by atoms with Crippen LogP contribution in [-0.2, 0) is 22.0 Å². The predicted octanol–water partition coefficient (Wildman–Crippen LogP) is 7.98. The number of thiophene rings is 1. The van der Waals surface area contributed by atoms with Gasteiger partial charge in [0.25, 0.3) is 0 Å². The number of carbonyl (C=O) groups excluding carboxylic acids is 1. The highest BCUT2D eigenvalue weighted by atomic mass is 32.1. The summed E-state index contributed by atoms with van der Waals surface area (Å²) in [6, 6.07) is 19.8. The molecular formula is C33H36N2O3S. The Hall–Kier alpha value is -3.64. The molecule has 0 radical (unpaired) electrons. The van der Waals surface area contributed by atoms with Crippen molar-refractivity contribution in [3.63, 3.8) is 0 Å². The summed E-state index contributed by atoms with van der Waals surface area (Å²) in [7, 11) is 0. The molecule has 0 bridgehead atoms. The van der Waals surface area contributed by atoms with Crippen molar-refractivity contribution in [2.45, 2.75) is 65.2 Å². The molecule has 39 heavy (non-hydrogen) atoms. The number of carboxylic acid groups (broad SMARTS) is 1. The lowest BCUT2D eigenvalue weighted by atomic mass is 9.86. The molecule has 0 unspecified atom stereocenters. The van der Waals surface area contributed by atoms with Crippen molar-refractivity contribution in [2.75, 3.05) is 0 Å². The van der Waals surface area contributed by atoms with Crippen molar-refractivity contribution in [1.82, 2.24) is 9.97 Å². The summed E-state index contributed by atoms with van der Waals surface area (Å²) in [4.78, 5) is 35.7. The molecule has 0 amide bonds. The molecule has 0 saturated carbocycles. The zero-order chi connectivity index (χ0) is 28.4. The average molecular weight is 541 g/mol. The second-order valence-corrected chi connectivity index (χ2v) is 13.2. The SMILES string of the molecule is CC(C)(C)c1ccc(-c2cnc(-c3ccc(C[C@H](CC(=O)c4ccc(C(C)(C)C)s4)C(=O)O)cc3)nc2)cc1. The van der Waals surface area contributed by atoms with Gasteiger partial charge < -0.3 is 5.11 Å². The van der Waals surface area contributed by atoms with Gasteiger partial charge in [-0.1, -0.05) is 90.1 Å². The Bertz CT molecular complexity index is 1440. The van der Waals surface area contributed by atoms with Crippen LogP contribution in [0, 0.1) is 5.92 Å². The van der Waals surface area contributed by atoms with Crippen LogP contribution in [0.4, 0.5) is 0 Å². The standard InChI is InChI=1S/C33H36N2O3S/c1-32(2,3)26-13-11-22(12-14-26)25-19-34-30(35-20-25)23-9-7-21(8-10-23)17-24(31(37)38)18-27(36)28-15-16-29(39-28)33(4,5)6/h7-16,19-20,24H,17-18H2,1-6H3,(H,37,38)/t24-/m1/s1. The van der Waals surface area contributed by atoms with E-state index < -0.39 is 11.9 Å². The van der Waals surface area contributed by atoms with Gasteiger partial charge in [-0.25, -0.2) is 9.97 Å². The van der Waals surface area contributed by atoms with E-state index in [1.54, 1.807) is 0 Å². The number of benzene rings is 2. The first-order chi connectivity index (χ1) is 18.3. The fourth-order valence-corrected chi connectivity index (χ4v) is 5.34. The quantitative estimate of drug-likeness (QED) is 0.229. The van der Waals surface area contributed by atoms with E-state index in [1.807, 2.05) is 48.8 Å². The number of aromatic nitrogens is 2. The van der Waals surface area contributed by atoms with Gasteiger partial charge in [0.15, 0.2) is 11.6 Å². The number of rotatable bonds is 8. The predicted molar refractivity (Wildman–Crippen MR) is 158 cm³/mol. The third-order valence-corrected chi connectivity index (χ3v) is 8.38. The van der Waals surface area contributed by atoms with Gasteiger partial charge in [-0.3, -0.25) is 9.59 Å². The maximum Gasteiger partial charge on any atom is 0.307 e. The molecule has 2 aromatic heterocycles. The molecular weight excluding hydrogens is 504 g/mol. The molecule has 6 heteroatoms. The van der Waals surface area contributed by atoms with E-state index in [4.69, 9.17) is 0 Å². The Balaban J connectivity index is 1.42. The maximum absolute atomic E-state index is 12.9. The minimum Gasteiger partial charge on any atom is -0.481 e. The summed E-state index contributed by atoms with van der Waals surface area (Å²) in [5.74, 6) is -1.27. The highest BCUT2D eigenvalue weighted by Crippen LogP contribution is 2.31. The van der Waals surface area contributed by atoms with Crippen LogP contribution >= 0.6 is 11.3 Å². The number of hydrogen-bond donors (Lipinski definition) is 1. The summed E-state index contributed by atoms with van der Waals surface area (Å²) in [6.07, 6.45) is 3.90.